The largest absolute Gasteiger partial charge is 0.478 e. The van der Waals surface area contributed by atoms with Crippen molar-refractivity contribution < 1.29 is 41.0 Å². The number of carbonyl (C=O) groups is 1. The Morgan fingerprint density at radius 3 is 1.79 bits per heavy atom. The first-order chi connectivity index (χ1) is 16.0. The Morgan fingerprint density at radius 2 is 1.38 bits per heavy atom. The van der Waals surface area contributed by atoms with Crippen LogP contribution in [0.15, 0.2) is 48.5 Å². The Hall–Kier alpha value is -2.79. The molecule has 2 fully saturated rings. The van der Waals surface area contributed by atoms with Crippen molar-refractivity contribution in [1.82, 2.24) is 9.80 Å². The topological polar surface area (TPSA) is 53.0 Å². The third-order valence-electron chi connectivity index (χ3n) is 6.27. The number of hydrogen-bond acceptors (Lipinski definition) is 4. The van der Waals surface area contributed by atoms with Gasteiger partial charge in [-0.15, -0.1) is 0 Å². The van der Waals surface area contributed by atoms with Gasteiger partial charge >= 0.3 is 24.4 Å². The molecule has 34 heavy (non-hydrogen) atoms. The van der Waals surface area contributed by atoms with Crippen molar-refractivity contribution in [3.63, 3.8) is 0 Å². The van der Waals surface area contributed by atoms with Gasteiger partial charge in [0.25, 0.3) is 0 Å². The fraction of sp³-hybridized carbons (Fsp3) is 0.435. The monoisotopic (exact) mass is 488 g/mol. The predicted octanol–water partition coefficient (Wildman–Crippen LogP) is 4.72. The molecule has 2 bridgehead atoms. The van der Waals surface area contributed by atoms with Crippen LogP contribution in [0.2, 0.25) is 0 Å². The Bertz CT molecular complexity index is 1020. The van der Waals surface area contributed by atoms with Gasteiger partial charge in [-0.2, -0.15) is 17.6 Å². The van der Waals surface area contributed by atoms with E-state index >= 15 is 0 Å². The van der Waals surface area contributed by atoms with Gasteiger partial charge in [0.05, 0.1) is 5.56 Å². The lowest BCUT2D eigenvalue weighted by Gasteiger charge is -2.34. The zero-order valence-electron chi connectivity index (χ0n) is 17.8. The molecule has 0 amide bonds. The maximum Gasteiger partial charge on any atom is 0.470 e. The molecule has 2 heterocycles. The number of ether oxygens (including phenoxy) is 1. The number of benzene rings is 2. The van der Waals surface area contributed by atoms with Gasteiger partial charge in [0.2, 0.25) is 0 Å². The number of rotatable bonds is 9. The molecule has 2 aromatic rings. The highest BCUT2D eigenvalue weighted by Crippen LogP contribution is 2.40. The summed E-state index contributed by atoms with van der Waals surface area (Å²) in [4.78, 5) is 15.6. The molecule has 4 rings (SSSR count). The number of aromatic carboxylic acids is 1. The predicted molar refractivity (Wildman–Crippen MR) is 109 cm³/mol. The molecule has 0 radical (unpaired) electrons. The van der Waals surface area contributed by atoms with Crippen LogP contribution in [0.5, 0.6) is 5.75 Å². The summed E-state index contributed by atoms with van der Waals surface area (Å²) in [6.45, 7) is 2.83. The summed E-state index contributed by atoms with van der Waals surface area (Å²) in [5.74, 6) is -7.20. The molecule has 0 saturated carbocycles. The summed E-state index contributed by atoms with van der Waals surface area (Å²) >= 11 is 0. The maximum atomic E-state index is 13.4. The number of carboxylic acid groups (broad SMARTS) is 1. The quantitative estimate of drug-likeness (QED) is 0.518. The van der Waals surface area contributed by atoms with Crippen LogP contribution in [0.25, 0.3) is 0 Å². The van der Waals surface area contributed by atoms with E-state index in [1.54, 1.807) is 24.3 Å². The van der Waals surface area contributed by atoms with Crippen LogP contribution in [0, 0.1) is 0 Å². The summed E-state index contributed by atoms with van der Waals surface area (Å²) in [7, 11) is 0. The molecule has 2 atom stereocenters. The Morgan fingerprint density at radius 1 is 0.912 bits per heavy atom. The zero-order valence-corrected chi connectivity index (χ0v) is 17.8. The third-order valence-corrected chi connectivity index (χ3v) is 6.27. The molecule has 2 aliphatic rings. The summed E-state index contributed by atoms with van der Waals surface area (Å²) in [5, 5.41) is 9.00. The lowest BCUT2D eigenvalue weighted by molar-refractivity contribution is -0.342. The highest BCUT2D eigenvalue weighted by atomic mass is 19.3. The second-order valence-electron chi connectivity index (χ2n) is 8.59. The molecular weight excluding hydrogens is 466 g/mol. The van der Waals surface area contributed by atoms with E-state index < -0.39 is 30.2 Å². The van der Waals surface area contributed by atoms with E-state index in [1.165, 1.54) is 12.1 Å². The minimum absolute atomic E-state index is 0.237. The number of likely N-dealkylation sites (tertiary alicyclic amines) is 2. The molecule has 5 nitrogen and oxygen atoms in total. The van der Waals surface area contributed by atoms with Gasteiger partial charge in [-0.3, -0.25) is 9.80 Å². The van der Waals surface area contributed by atoms with E-state index in [1.807, 2.05) is 0 Å². The van der Waals surface area contributed by atoms with Crippen molar-refractivity contribution in [3.8, 4) is 5.75 Å². The fourth-order valence-corrected chi connectivity index (χ4v) is 4.45. The van der Waals surface area contributed by atoms with Gasteiger partial charge < -0.3 is 9.84 Å². The standard InChI is InChI=1S/C23H22F6N2O3/c24-21(25)22(26,27)23(28,29)34-19-7-3-15(4-8-19)11-31-13-17-9-18(31)12-30(17)10-14-1-5-16(6-2-14)20(32)33/h1-8,17-18,21H,9-13H2,(H,32,33)/t17-,18-/m0/s1. The molecule has 2 saturated heterocycles. The number of halogens is 6. The summed E-state index contributed by atoms with van der Waals surface area (Å²) in [6.07, 6.45) is -8.94. The van der Waals surface area contributed by atoms with E-state index in [2.05, 4.69) is 14.5 Å². The highest BCUT2D eigenvalue weighted by Gasteiger charge is 2.66. The third kappa shape index (κ3) is 4.85. The van der Waals surface area contributed by atoms with Crippen LogP contribution in [0.1, 0.15) is 27.9 Å². The van der Waals surface area contributed by atoms with Crippen molar-refractivity contribution in [3.05, 3.63) is 65.2 Å². The van der Waals surface area contributed by atoms with E-state index in [4.69, 9.17) is 5.11 Å². The van der Waals surface area contributed by atoms with Gasteiger partial charge in [-0.05, 0) is 41.8 Å². The van der Waals surface area contributed by atoms with E-state index in [0.29, 0.717) is 19.1 Å². The van der Waals surface area contributed by atoms with Gasteiger partial charge in [-0.25, -0.2) is 13.6 Å². The van der Waals surface area contributed by atoms with E-state index in [9.17, 15) is 31.1 Å². The molecular formula is C23H22F6N2O3. The molecule has 0 spiro atoms. The van der Waals surface area contributed by atoms with Crippen molar-refractivity contribution in [1.29, 1.82) is 0 Å². The fourth-order valence-electron chi connectivity index (χ4n) is 4.45. The number of piperazine rings is 1. The van der Waals surface area contributed by atoms with Gasteiger partial charge in [-0.1, -0.05) is 24.3 Å². The second kappa shape index (κ2) is 9.10. The lowest BCUT2D eigenvalue weighted by atomic mass is 10.1. The van der Waals surface area contributed by atoms with Crippen LogP contribution >= 0.6 is 0 Å². The Kier molecular flexibility index (Phi) is 6.52. The second-order valence-corrected chi connectivity index (χ2v) is 8.59. The number of fused-ring (bicyclic) bond motifs is 2. The molecule has 184 valence electrons. The molecule has 2 aliphatic heterocycles. The minimum atomic E-state index is -5.61. The zero-order chi connectivity index (χ0) is 24.7. The number of hydrogen-bond donors (Lipinski definition) is 1. The maximum absolute atomic E-state index is 13.4. The summed E-state index contributed by atoms with van der Waals surface area (Å²) in [6, 6.07) is 12.4. The Balaban J connectivity index is 1.30. The van der Waals surface area contributed by atoms with Crippen LogP contribution in [-0.2, 0) is 13.1 Å². The number of carboxylic acids is 1. The normalized spacial score (nSPS) is 21.4. The van der Waals surface area contributed by atoms with Gasteiger partial charge in [0.15, 0.2) is 0 Å². The summed E-state index contributed by atoms with van der Waals surface area (Å²) < 4.78 is 81.2. The van der Waals surface area contributed by atoms with E-state index in [0.717, 1.165) is 42.8 Å². The molecule has 0 aliphatic carbocycles. The first-order valence-electron chi connectivity index (χ1n) is 10.6. The average Bonchev–Trinajstić information content (AvgIpc) is 3.35. The van der Waals surface area contributed by atoms with E-state index in [-0.39, 0.29) is 11.6 Å². The highest BCUT2D eigenvalue weighted by molar-refractivity contribution is 5.87. The minimum Gasteiger partial charge on any atom is -0.478 e. The number of alkyl halides is 6. The van der Waals surface area contributed by atoms with Crippen LogP contribution in [0.4, 0.5) is 26.3 Å². The Labute approximate surface area is 191 Å². The molecule has 0 aromatic heterocycles. The molecule has 1 N–H and O–H groups in total. The first-order valence-corrected chi connectivity index (χ1v) is 10.6. The average molecular weight is 488 g/mol. The van der Waals surface area contributed by atoms with Gasteiger partial charge in [0.1, 0.15) is 5.75 Å². The summed E-state index contributed by atoms with van der Waals surface area (Å²) in [5.41, 5.74) is 2.01. The smallest absolute Gasteiger partial charge is 0.470 e. The van der Waals surface area contributed by atoms with Gasteiger partial charge in [0, 0.05) is 38.3 Å². The number of nitrogens with zero attached hydrogens (tertiary/aromatic N) is 2. The lowest BCUT2D eigenvalue weighted by Crippen LogP contribution is -2.50. The molecule has 2 aromatic carbocycles. The van der Waals surface area contributed by atoms with Crippen LogP contribution in [0.3, 0.4) is 0 Å². The molecule has 0 unspecified atom stereocenters. The van der Waals surface area contributed by atoms with Crippen molar-refractivity contribution in [2.75, 3.05) is 13.1 Å². The molecule has 11 heteroatoms. The SMILES string of the molecule is O=C(O)c1ccc(CN2C[C@@H]3C[C@H]2CN3Cc2ccc(OC(F)(F)C(F)(F)C(F)F)cc2)cc1. The first kappa shape index (κ1) is 24.3. The van der Waals surface area contributed by atoms with Crippen LogP contribution < -0.4 is 4.74 Å². The van der Waals surface area contributed by atoms with Crippen molar-refractivity contribution >= 4 is 5.97 Å². The van der Waals surface area contributed by atoms with Crippen molar-refractivity contribution in [2.45, 2.75) is 50.1 Å². The van der Waals surface area contributed by atoms with Crippen molar-refractivity contribution in [2.24, 2.45) is 0 Å². The van der Waals surface area contributed by atoms with Crippen LogP contribution in [-0.4, -0.2) is 64.5 Å².